The van der Waals surface area contributed by atoms with E-state index in [4.69, 9.17) is 4.74 Å². The van der Waals surface area contributed by atoms with Crippen molar-refractivity contribution in [1.29, 1.82) is 0 Å². The van der Waals surface area contributed by atoms with Gasteiger partial charge in [0, 0.05) is 19.6 Å². The summed E-state index contributed by atoms with van der Waals surface area (Å²) in [4.78, 5) is 24.7. The van der Waals surface area contributed by atoms with Gasteiger partial charge in [-0.25, -0.2) is 4.79 Å². The van der Waals surface area contributed by atoms with Crippen LogP contribution in [0.3, 0.4) is 0 Å². The minimum atomic E-state index is -0.260. The van der Waals surface area contributed by atoms with Gasteiger partial charge in [0.1, 0.15) is 0 Å². The van der Waals surface area contributed by atoms with Gasteiger partial charge in [-0.2, -0.15) is 0 Å². The summed E-state index contributed by atoms with van der Waals surface area (Å²) in [6, 6.07) is -0.0591. The highest BCUT2D eigenvalue weighted by atomic mass is 16.5. The Morgan fingerprint density at radius 1 is 1.18 bits per heavy atom. The van der Waals surface area contributed by atoms with Gasteiger partial charge in [-0.1, -0.05) is 12.8 Å². The van der Waals surface area contributed by atoms with E-state index in [9.17, 15) is 9.59 Å². The number of urea groups is 1. The van der Waals surface area contributed by atoms with E-state index in [1.807, 2.05) is 4.90 Å². The lowest BCUT2D eigenvalue weighted by atomic mass is 10.2. The van der Waals surface area contributed by atoms with Crippen LogP contribution >= 0.6 is 0 Å². The quantitative estimate of drug-likeness (QED) is 0.760. The minimum absolute atomic E-state index is 0.0591. The first kappa shape index (κ1) is 13.8. The summed E-state index contributed by atoms with van der Waals surface area (Å²) < 4.78 is 4.79. The van der Waals surface area contributed by atoms with Crippen LogP contribution in [-0.2, 0) is 9.53 Å². The fourth-order valence-corrected chi connectivity index (χ4v) is 1.89. The molecule has 1 saturated heterocycles. The Balaban J connectivity index is 2.17. The second-order valence-corrected chi connectivity index (χ2v) is 4.19. The van der Waals surface area contributed by atoms with E-state index in [0.717, 1.165) is 25.9 Å². The molecule has 5 heteroatoms. The summed E-state index contributed by atoms with van der Waals surface area (Å²) in [5.41, 5.74) is 0. The van der Waals surface area contributed by atoms with Crippen LogP contribution in [-0.4, -0.2) is 43.1 Å². The molecule has 0 aliphatic carbocycles. The number of carbonyl (C=O) groups excluding carboxylic acids is 2. The zero-order chi connectivity index (χ0) is 12.5. The van der Waals surface area contributed by atoms with Crippen LogP contribution in [0.1, 0.15) is 39.0 Å². The molecule has 0 aromatic heterocycles. The van der Waals surface area contributed by atoms with Crippen LogP contribution < -0.4 is 5.32 Å². The summed E-state index contributed by atoms with van der Waals surface area (Å²) in [6.07, 6.45) is 4.79. The molecule has 0 bridgehead atoms. The van der Waals surface area contributed by atoms with Crippen LogP contribution in [0.15, 0.2) is 0 Å². The van der Waals surface area contributed by atoms with Crippen molar-refractivity contribution < 1.29 is 14.3 Å². The third-order valence-electron chi connectivity index (χ3n) is 2.80. The summed E-state index contributed by atoms with van der Waals surface area (Å²) in [5, 5.41) is 2.76. The molecule has 0 aromatic carbocycles. The first-order valence-corrected chi connectivity index (χ1v) is 6.42. The van der Waals surface area contributed by atoms with Gasteiger partial charge in [0.15, 0.2) is 0 Å². The number of rotatable bonds is 4. The first-order valence-electron chi connectivity index (χ1n) is 6.42. The van der Waals surface area contributed by atoms with Crippen molar-refractivity contribution in [1.82, 2.24) is 10.2 Å². The summed E-state index contributed by atoms with van der Waals surface area (Å²) in [5.74, 6) is -0.260. The molecule has 1 heterocycles. The molecule has 1 fully saturated rings. The zero-order valence-electron chi connectivity index (χ0n) is 10.5. The number of ether oxygens (including phenoxy) is 1. The summed E-state index contributed by atoms with van der Waals surface area (Å²) >= 11 is 0. The van der Waals surface area contributed by atoms with Crippen molar-refractivity contribution >= 4 is 12.0 Å². The molecular weight excluding hydrogens is 220 g/mol. The molecule has 1 N–H and O–H groups in total. The fourth-order valence-electron chi connectivity index (χ4n) is 1.89. The van der Waals surface area contributed by atoms with E-state index in [2.05, 4.69) is 5.32 Å². The van der Waals surface area contributed by atoms with E-state index in [1.54, 1.807) is 6.92 Å². The highest BCUT2D eigenvalue weighted by molar-refractivity contribution is 5.75. The molecule has 2 amide bonds. The third-order valence-corrected chi connectivity index (χ3v) is 2.80. The van der Waals surface area contributed by atoms with Crippen molar-refractivity contribution in [2.24, 2.45) is 0 Å². The standard InChI is InChI=1S/C12H22N2O3/c1-2-17-11(15)7-8-13-12(16)14-9-5-3-4-6-10-14/h2-10H2,1H3,(H,13,16). The van der Waals surface area contributed by atoms with Crippen molar-refractivity contribution in [2.75, 3.05) is 26.2 Å². The Kier molecular flexibility index (Phi) is 6.43. The number of hydrogen-bond acceptors (Lipinski definition) is 3. The molecule has 0 atom stereocenters. The van der Waals surface area contributed by atoms with Gasteiger partial charge in [-0.15, -0.1) is 0 Å². The summed E-state index contributed by atoms with van der Waals surface area (Å²) in [7, 11) is 0. The number of carbonyl (C=O) groups is 2. The van der Waals surface area contributed by atoms with E-state index in [0.29, 0.717) is 13.2 Å². The average molecular weight is 242 g/mol. The topological polar surface area (TPSA) is 58.6 Å². The van der Waals surface area contributed by atoms with Crippen LogP contribution in [0.5, 0.6) is 0 Å². The van der Waals surface area contributed by atoms with Crippen LogP contribution in [0.4, 0.5) is 4.79 Å². The maximum atomic E-state index is 11.8. The number of nitrogens with one attached hydrogen (secondary N) is 1. The molecule has 1 aliphatic rings. The van der Waals surface area contributed by atoms with Crippen LogP contribution in [0.2, 0.25) is 0 Å². The van der Waals surface area contributed by atoms with Gasteiger partial charge >= 0.3 is 12.0 Å². The number of hydrogen-bond donors (Lipinski definition) is 1. The van der Waals surface area contributed by atoms with Gasteiger partial charge < -0.3 is 15.0 Å². The predicted molar refractivity (Wildman–Crippen MR) is 64.7 cm³/mol. The molecule has 17 heavy (non-hydrogen) atoms. The number of esters is 1. The Morgan fingerprint density at radius 2 is 1.82 bits per heavy atom. The Labute approximate surface area is 102 Å². The third kappa shape index (κ3) is 5.56. The summed E-state index contributed by atoms with van der Waals surface area (Å²) in [6.45, 7) is 4.16. The molecule has 0 spiro atoms. The van der Waals surface area contributed by atoms with E-state index in [1.165, 1.54) is 12.8 Å². The van der Waals surface area contributed by atoms with E-state index >= 15 is 0 Å². The fraction of sp³-hybridized carbons (Fsp3) is 0.833. The highest BCUT2D eigenvalue weighted by Crippen LogP contribution is 2.09. The second kappa shape index (κ2) is 7.92. The van der Waals surface area contributed by atoms with Gasteiger partial charge in [0.05, 0.1) is 13.0 Å². The lowest BCUT2D eigenvalue weighted by molar-refractivity contribution is -0.142. The van der Waals surface area contributed by atoms with Crippen molar-refractivity contribution in [3.63, 3.8) is 0 Å². The Hall–Kier alpha value is -1.26. The van der Waals surface area contributed by atoms with Crippen molar-refractivity contribution in [3.8, 4) is 0 Å². The molecule has 0 unspecified atom stereocenters. The molecule has 0 aromatic rings. The normalized spacial score (nSPS) is 16.2. The van der Waals surface area contributed by atoms with Gasteiger partial charge in [-0.3, -0.25) is 4.79 Å². The first-order chi connectivity index (χ1) is 8.24. The van der Waals surface area contributed by atoms with Crippen LogP contribution in [0, 0.1) is 0 Å². The van der Waals surface area contributed by atoms with E-state index < -0.39 is 0 Å². The van der Waals surface area contributed by atoms with Crippen molar-refractivity contribution in [3.05, 3.63) is 0 Å². The van der Waals surface area contributed by atoms with E-state index in [-0.39, 0.29) is 18.4 Å². The molecule has 0 radical (unpaired) electrons. The monoisotopic (exact) mass is 242 g/mol. The highest BCUT2D eigenvalue weighted by Gasteiger charge is 2.14. The number of amides is 2. The Morgan fingerprint density at radius 3 is 2.41 bits per heavy atom. The number of likely N-dealkylation sites (tertiary alicyclic amines) is 1. The number of nitrogens with zero attached hydrogens (tertiary/aromatic N) is 1. The second-order valence-electron chi connectivity index (χ2n) is 4.19. The van der Waals surface area contributed by atoms with Gasteiger partial charge in [0.25, 0.3) is 0 Å². The van der Waals surface area contributed by atoms with Gasteiger partial charge in [-0.05, 0) is 19.8 Å². The molecule has 1 rings (SSSR count). The zero-order valence-corrected chi connectivity index (χ0v) is 10.5. The van der Waals surface area contributed by atoms with Crippen LogP contribution in [0.25, 0.3) is 0 Å². The predicted octanol–water partition coefficient (Wildman–Crippen LogP) is 1.53. The Bertz CT molecular complexity index is 248. The van der Waals surface area contributed by atoms with Crippen molar-refractivity contribution in [2.45, 2.75) is 39.0 Å². The molecule has 0 saturated carbocycles. The lowest BCUT2D eigenvalue weighted by Crippen LogP contribution is -2.41. The lowest BCUT2D eigenvalue weighted by Gasteiger charge is -2.20. The largest absolute Gasteiger partial charge is 0.466 e. The maximum Gasteiger partial charge on any atom is 0.317 e. The smallest absolute Gasteiger partial charge is 0.317 e. The maximum absolute atomic E-state index is 11.8. The molecule has 5 nitrogen and oxygen atoms in total. The van der Waals surface area contributed by atoms with Gasteiger partial charge in [0.2, 0.25) is 0 Å². The minimum Gasteiger partial charge on any atom is -0.466 e. The average Bonchev–Trinajstić information content (AvgIpc) is 2.57. The SMILES string of the molecule is CCOC(=O)CCNC(=O)N1CCCCCC1. The molecule has 98 valence electrons. The molecule has 1 aliphatic heterocycles. The molecular formula is C12H22N2O3.